The van der Waals surface area contributed by atoms with E-state index < -0.39 is 0 Å². The fourth-order valence-electron chi connectivity index (χ4n) is 3.89. The molecule has 1 fully saturated rings. The van der Waals surface area contributed by atoms with Crippen LogP contribution in [0.1, 0.15) is 23.6 Å². The molecule has 130 valence electrons. The smallest absolute Gasteiger partial charge is 0.228 e. The third kappa shape index (κ3) is 3.43. The zero-order valence-electron chi connectivity index (χ0n) is 14.4. The van der Waals surface area contributed by atoms with Gasteiger partial charge in [-0.1, -0.05) is 24.3 Å². The van der Waals surface area contributed by atoms with Crippen LogP contribution in [0.15, 0.2) is 48.8 Å². The molecule has 1 aromatic heterocycles. The molecule has 1 aromatic carbocycles. The van der Waals surface area contributed by atoms with Gasteiger partial charge in [0.2, 0.25) is 5.91 Å². The average molecular weight is 336 g/mol. The molecule has 1 N–H and O–H groups in total. The lowest BCUT2D eigenvalue weighted by Gasteiger charge is -2.36. The summed E-state index contributed by atoms with van der Waals surface area (Å²) in [5.74, 6) is 0.230. The Bertz CT molecular complexity index is 733. The maximum absolute atomic E-state index is 12.8. The largest absolute Gasteiger partial charge is 0.314 e. The Hall–Kier alpha value is -2.24. The van der Waals surface area contributed by atoms with Crippen molar-refractivity contribution in [2.75, 3.05) is 37.6 Å². The van der Waals surface area contributed by atoms with E-state index in [2.05, 4.69) is 33.4 Å². The first-order valence-electron chi connectivity index (χ1n) is 9.06. The molecule has 5 heteroatoms. The number of piperazine rings is 1. The topological polar surface area (TPSA) is 48.5 Å². The molecule has 25 heavy (non-hydrogen) atoms. The molecule has 1 saturated heterocycles. The minimum atomic E-state index is 0.230. The van der Waals surface area contributed by atoms with Gasteiger partial charge in [0, 0.05) is 63.3 Å². The molecule has 5 nitrogen and oxygen atoms in total. The standard InChI is InChI=1S/C20H24N4O/c25-20(24-12-7-16-4-1-2-6-18(16)24)8-11-23-13-10-22-15-19(23)17-5-3-9-21-14-17/h1-6,9,14,19,22H,7-8,10-13,15H2. The van der Waals surface area contributed by atoms with Gasteiger partial charge in [0.05, 0.1) is 0 Å². The van der Waals surface area contributed by atoms with Gasteiger partial charge < -0.3 is 10.2 Å². The molecule has 0 spiro atoms. The predicted octanol–water partition coefficient (Wildman–Crippen LogP) is 2.01. The van der Waals surface area contributed by atoms with Crippen molar-refractivity contribution in [2.24, 2.45) is 0 Å². The van der Waals surface area contributed by atoms with Crippen LogP contribution in [0.5, 0.6) is 0 Å². The van der Waals surface area contributed by atoms with E-state index >= 15 is 0 Å². The summed E-state index contributed by atoms with van der Waals surface area (Å²) in [5, 5.41) is 3.45. The number of carbonyl (C=O) groups excluding carboxylic acids is 1. The van der Waals surface area contributed by atoms with Crippen molar-refractivity contribution >= 4 is 11.6 Å². The Balaban J connectivity index is 1.41. The number of aromatic nitrogens is 1. The Morgan fingerprint density at radius 2 is 2.12 bits per heavy atom. The second kappa shape index (κ2) is 7.33. The molecule has 4 rings (SSSR count). The van der Waals surface area contributed by atoms with Gasteiger partial charge in [-0.2, -0.15) is 0 Å². The summed E-state index contributed by atoms with van der Waals surface area (Å²) in [7, 11) is 0. The Labute approximate surface area is 148 Å². The minimum Gasteiger partial charge on any atom is -0.314 e. The number of carbonyl (C=O) groups is 1. The van der Waals surface area contributed by atoms with Crippen molar-refractivity contribution in [3.05, 3.63) is 59.9 Å². The highest BCUT2D eigenvalue weighted by molar-refractivity contribution is 5.95. The molecular weight excluding hydrogens is 312 g/mol. The summed E-state index contributed by atoms with van der Waals surface area (Å²) in [4.78, 5) is 21.4. The number of benzene rings is 1. The Kier molecular flexibility index (Phi) is 4.76. The summed E-state index contributed by atoms with van der Waals surface area (Å²) in [6.07, 6.45) is 5.26. The molecule has 0 aliphatic carbocycles. The number of nitrogens with one attached hydrogen (secondary N) is 1. The molecule has 1 atom stereocenters. The summed E-state index contributed by atoms with van der Waals surface area (Å²) in [6, 6.07) is 12.6. The molecule has 0 saturated carbocycles. The lowest BCUT2D eigenvalue weighted by molar-refractivity contribution is -0.119. The van der Waals surface area contributed by atoms with Gasteiger partial charge in [-0.15, -0.1) is 0 Å². The van der Waals surface area contributed by atoms with Crippen molar-refractivity contribution in [1.29, 1.82) is 0 Å². The highest BCUT2D eigenvalue weighted by Gasteiger charge is 2.27. The van der Waals surface area contributed by atoms with E-state index in [4.69, 9.17) is 0 Å². The Morgan fingerprint density at radius 1 is 1.20 bits per heavy atom. The predicted molar refractivity (Wildman–Crippen MR) is 98.5 cm³/mol. The zero-order valence-corrected chi connectivity index (χ0v) is 14.4. The van der Waals surface area contributed by atoms with Crippen LogP contribution < -0.4 is 10.2 Å². The molecule has 0 radical (unpaired) electrons. The van der Waals surface area contributed by atoms with E-state index in [0.717, 1.165) is 44.8 Å². The normalized spacial score (nSPS) is 20.5. The van der Waals surface area contributed by atoms with Crippen molar-refractivity contribution < 1.29 is 4.79 Å². The number of anilines is 1. The molecule has 0 bridgehead atoms. The van der Waals surface area contributed by atoms with Gasteiger partial charge in [0.15, 0.2) is 0 Å². The van der Waals surface area contributed by atoms with Gasteiger partial charge in [0.25, 0.3) is 0 Å². The number of pyridine rings is 1. The number of hydrogen-bond acceptors (Lipinski definition) is 4. The van der Waals surface area contributed by atoms with E-state index in [1.54, 1.807) is 6.20 Å². The molecule has 2 aliphatic heterocycles. The van der Waals surface area contributed by atoms with Gasteiger partial charge in [0.1, 0.15) is 0 Å². The van der Waals surface area contributed by atoms with Gasteiger partial charge in [-0.25, -0.2) is 0 Å². The van der Waals surface area contributed by atoms with Crippen LogP contribution in [0.3, 0.4) is 0 Å². The Morgan fingerprint density at radius 3 is 3.00 bits per heavy atom. The number of hydrogen-bond donors (Lipinski definition) is 1. The maximum Gasteiger partial charge on any atom is 0.228 e. The lowest BCUT2D eigenvalue weighted by atomic mass is 10.1. The first-order valence-corrected chi connectivity index (χ1v) is 9.06. The van der Waals surface area contributed by atoms with Crippen LogP contribution in [0.2, 0.25) is 0 Å². The zero-order chi connectivity index (χ0) is 17.1. The van der Waals surface area contributed by atoms with Crippen molar-refractivity contribution in [2.45, 2.75) is 18.9 Å². The van der Waals surface area contributed by atoms with Crippen molar-refractivity contribution in [1.82, 2.24) is 15.2 Å². The molecule has 2 aromatic rings. The first-order chi connectivity index (χ1) is 12.3. The van der Waals surface area contributed by atoms with Crippen LogP contribution in [0.4, 0.5) is 5.69 Å². The SMILES string of the molecule is O=C(CCN1CCNCC1c1cccnc1)N1CCc2ccccc21. The monoisotopic (exact) mass is 336 g/mol. The minimum absolute atomic E-state index is 0.230. The second-order valence-corrected chi connectivity index (χ2v) is 6.72. The fraction of sp³-hybridized carbons (Fsp3) is 0.400. The van der Waals surface area contributed by atoms with E-state index in [9.17, 15) is 4.79 Å². The highest BCUT2D eigenvalue weighted by Crippen LogP contribution is 2.28. The van der Waals surface area contributed by atoms with Gasteiger partial charge in [-0.05, 0) is 29.7 Å². The molecular formula is C20H24N4O. The molecule has 1 amide bonds. The van der Waals surface area contributed by atoms with E-state index in [0.29, 0.717) is 12.5 Å². The molecule has 1 unspecified atom stereocenters. The molecule has 3 heterocycles. The highest BCUT2D eigenvalue weighted by atomic mass is 16.2. The second-order valence-electron chi connectivity index (χ2n) is 6.72. The number of nitrogens with zero attached hydrogens (tertiary/aromatic N) is 3. The summed E-state index contributed by atoms with van der Waals surface area (Å²) < 4.78 is 0. The van der Waals surface area contributed by atoms with Crippen LogP contribution in [-0.4, -0.2) is 48.5 Å². The first kappa shape index (κ1) is 16.2. The van der Waals surface area contributed by atoms with Crippen LogP contribution in [0, 0.1) is 0 Å². The van der Waals surface area contributed by atoms with Gasteiger partial charge in [-0.3, -0.25) is 14.7 Å². The fourth-order valence-corrected chi connectivity index (χ4v) is 3.89. The summed E-state index contributed by atoms with van der Waals surface area (Å²) in [5.41, 5.74) is 3.59. The third-order valence-electron chi connectivity index (χ3n) is 5.22. The van der Waals surface area contributed by atoms with E-state index in [1.165, 1.54) is 11.1 Å². The van der Waals surface area contributed by atoms with E-state index in [-0.39, 0.29) is 5.91 Å². The maximum atomic E-state index is 12.8. The van der Waals surface area contributed by atoms with Gasteiger partial charge >= 0.3 is 0 Å². The van der Waals surface area contributed by atoms with Crippen molar-refractivity contribution in [3.63, 3.8) is 0 Å². The van der Waals surface area contributed by atoms with Crippen molar-refractivity contribution in [3.8, 4) is 0 Å². The van der Waals surface area contributed by atoms with E-state index in [1.807, 2.05) is 29.3 Å². The van der Waals surface area contributed by atoms with Crippen LogP contribution >= 0.6 is 0 Å². The van der Waals surface area contributed by atoms with Crippen LogP contribution in [0.25, 0.3) is 0 Å². The number of rotatable bonds is 4. The summed E-state index contributed by atoms with van der Waals surface area (Å²) >= 11 is 0. The van der Waals surface area contributed by atoms with Crippen LogP contribution in [-0.2, 0) is 11.2 Å². The quantitative estimate of drug-likeness (QED) is 0.928. The number of para-hydroxylation sites is 1. The third-order valence-corrected chi connectivity index (χ3v) is 5.22. The average Bonchev–Trinajstić information content (AvgIpc) is 3.11. The number of amides is 1. The number of fused-ring (bicyclic) bond motifs is 1. The lowest BCUT2D eigenvalue weighted by Crippen LogP contribution is -2.47. The summed E-state index contributed by atoms with van der Waals surface area (Å²) in [6.45, 7) is 4.44. The molecule has 2 aliphatic rings.